The van der Waals surface area contributed by atoms with Crippen molar-refractivity contribution in [2.45, 2.75) is 134 Å². The van der Waals surface area contributed by atoms with Crippen molar-refractivity contribution in [1.29, 1.82) is 0 Å². The minimum Gasteiger partial charge on any atom is -0.481 e. The molecule has 8 rings (SSSR count). The van der Waals surface area contributed by atoms with E-state index in [0.29, 0.717) is 41.4 Å². The fraction of sp³-hybridized carbons (Fsp3) is 0.410. The van der Waals surface area contributed by atoms with Crippen LogP contribution in [0.3, 0.4) is 0 Å². The Morgan fingerprint density at radius 1 is 0.562 bits per heavy atom. The summed E-state index contributed by atoms with van der Waals surface area (Å²) in [4.78, 5) is 76.2. The predicted molar refractivity (Wildman–Crippen MR) is 302 cm³/mol. The Labute approximate surface area is 472 Å². The standard InChI is InChI=1S/C31H31F4N3O4.C30H38BrN3O4/c32-25-16-24(31(33,34)35)17-26(18-25)37-30(42)38(27-12-10-22(11-13-27)21-4-2-1-3-5-21)19-20-6-8-23(9-7-20)29(41)36-15-14-28(39)40;31-25-7-4-8-26(19-25)33-30(38)34(27-15-13-23(14-16-27)22-5-2-1-3-6-22)20-21-9-11-24(12-10-21)29(37)32-18-17-28(35)36/h6-13,16-18,21H,1-5,14-15,19H2,(H,36,41)(H,37,42)(H,39,40);4,7-12,19,22-23,27H,1-3,5-6,13-18,20H2,(H,32,37)(H,33,38)(H,35,36). The normalized spacial score (nSPS) is 16.7. The second-order valence-corrected chi connectivity index (χ2v) is 21.8. The summed E-state index contributed by atoms with van der Waals surface area (Å²) in [6, 6.07) is 29.7. The highest BCUT2D eigenvalue weighted by Crippen LogP contribution is 2.40. The quantitative estimate of drug-likeness (QED) is 0.0466. The first-order chi connectivity index (χ1) is 38.4. The fourth-order valence-electron chi connectivity index (χ4n) is 10.9. The van der Waals surface area contributed by atoms with Gasteiger partial charge in [0.05, 0.1) is 24.9 Å². The van der Waals surface area contributed by atoms with Gasteiger partial charge in [0.15, 0.2) is 0 Å². The molecule has 80 heavy (non-hydrogen) atoms. The zero-order valence-corrected chi connectivity index (χ0v) is 46.1. The molecule has 6 N–H and O–H groups in total. The maximum atomic E-state index is 14.0. The van der Waals surface area contributed by atoms with Crippen LogP contribution in [-0.2, 0) is 28.9 Å². The van der Waals surface area contributed by atoms with Crippen LogP contribution in [0.15, 0.2) is 120 Å². The Hall–Kier alpha value is -7.28. The summed E-state index contributed by atoms with van der Waals surface area (Å²) in [6.45, 7) is 0.510. The van der Waals surface area contributed by atoms with E-state index < -0.39 is 41.4 Å². The van der Waals surface area contributed by atoms with Gasteiger partial charge in [0.1, 0.15) is 5.82 Å². The number of halogens is 5. The third-order valence-electron chi connectivity index (χ3n) is 15.2. The number of carbonyl (C=O) groups is 6. The highest BCUT2D eigenvalue weighted by atomic mass is 79.9. The van der Waals surface area contributed by atoms with Gasteiger partial charge in [-0.3, -0.25) is 24.1 Å². The summed E-state index contributed by atoms with van der Waals surface area (Å²) in [5.41, 5.74) is 3.13. The van der Waals surface area contributed by atoms with Gasteiger partial charge in [-0.2, -0.15) is 13.2 Å². The first-order valence-corrected chi connectivity index (χ1v) is 28.2. The van der Waals surface area contributed by atoms with E-state index in [4.69, 9.17) is 10.2 Å². The first kappa shape index (κ1) is 60.4. The van der Waals surface area contributed by atoms with Crippen molar-refractivity contribution in [1.82, 2.24) is 15.5 Å². The summed E-state index contributed by atoms with van der Waals surface area (Å²) >= 11 is 3.48. The minimum absolute atomic E-state index is 0.00301. The lowest BCUT2D eigenvalue weighted by Crippen LogP contribution is -2.44. The molecule has 5 aromatic rings. The van der Waals surface area contributed by atoms with Gasteiger partial charge >= 0.3 is 30.2 Å². The number of urea groups is 2. The van der Waals surface area contributed by atoms with Gasteiger partial charge in [-0.15, -0.1) is 0 Å². The molecule has 0 spiro atoms. The highest BCUT2D eigenvalue weighted by Gasteiger charge is 2.34. The number of nitrogens with zero attached hydrogens (tertiary/aromatic N) is 2. The molecule has 14 nitrogen and oxygen atoms in total. The van der Waals surface area contributed by atoms with Crippen LogP contribution in [0.1, 0.15) is 152 Å². The molecule has 19 heteroatoms. The number of hydrogen-bond acceptors (Lipinski definition) is 6. The van der Waals surface area contributed by atoms with E-state index in [1.54, 1.807) is 36.4 Å². The Bertz CT molecular complexity index is 2890. The molecule has 0 aliphatic heterocycles. The Morgan fingerprint density at radius 3 is 1.62 bits per heavy atom. The molecular formula is C61H69BrF4N6O8. The molecule has 6 amide bonds. The average Bonchev–Trinajstić information content (AvgIpc) is 3.46. The molecule has 426 valence electrons. The van der Waals surface area contributed by atoms with Crippen LogP contribution in [0.5, 0.6) is 0 Å². The van der Waals surface area contributed by atoms with E-state index in [0.717, 1.165) is 77.7 Å². The number of benzene rings is 5. The van der Waals surface area contributed by atoms with E-state index >= 15 is 0 Å². The summed E-state index contributed by atoms with van der Waals surface area (Å²) in [7, 11) is 0. The third-order valence-corrected chi connectivity index (χ3v) is 15.7. The van der Waals surface area contributed by atoms with Crippen molar-refractivity contribution in [2.24, 2.45) is 11.8 Å². The van der Waals surface area contributed by atoms with Gasteiger partial charge in [0.25, 0.3) is 11.8 Å². The molecule has 3 saturated carbocycles. The zero-order chi connectivity index (χ0) is 57.2. The summed E-state index contributed by atoms with van der Waals surface area (Å²) in [6.07, 6.45) is 11.7. The SMILES string of the molecule is O=C(O)CCNC(=O)c1ccc(CN(C(=O)Nc2cc(F)cc(C(F)(F)F)c2)c2ccc(C3CCCCC3)cc2)cc1.O=C(O)CCNC(=O)c1ccc(CN(C(=O)Nc2cccc(Br)c2)C2CCC(C3CCCCC3)CC2)cc1. The monoisotopic (exact) mass is 1170 g/mol. The number of anilines is 3. The number of aliphatic carboxylic acids is 2. The van der Waals surface area contributed by atoms with Crippen LogP contribution >= 0.6 is 15.9 Å². The Balaban J connectivity index is 0.000000232. The van der Waals surface area contributed by atoms with Crippen molar-refractivity contribution in [3.05, 3.63) is 159 Å². The van der Waals surface area contributed by atoms with Crippen LogP contribution < -0.4 is 26.2 Å². The van der Waals surface area contributed by atoms with Crippen molar-refractivity contribution in [3.8, 4) is 0 Å². The number of nitrogens with one attached hydrogen (secondary N) is 4. The number of carbonyl (C=O) groups excluding carboxylic acids is 4. The summed E-state index contributed by atoms with van der Waals surface area (Å²) < 4.78 is 54.6. The molecule has 0 aromatic heterocycles. The second kappa shape index (κ2) is 29.3. The van der Waals surface area contributed by atoms with E-state index in [9.17, 15) is 46.3 Å². The first-order valence-electron chi connectivity index (χ1n) is 27.5. The second-order valence-electron chi connectivity index (χ2n) is 20.9. The molecule has 3 aliphatic carbocycles. The van der Waals surface area contributed by atoms with Gasteiger partial charge in [0.2, 0.25) is 0 Å². The van der Waals surface area contributed by atoms with Crippen LogP contribution in [0, 0.1) is 17.7 Å². The molecule has 0 unspecified atom stereocenters. The third kappa shape index (κ3) is 18.4. The van der Waals surface area contributed by atoms with Gasteiger partial charge in [-0.25, -0.2) is 14.0 Å². The van der Waals surface area contributed by atoms with Crippen LogP contribution in [-0.4, -0.2) is 70.1 Å². The van der Waals surface area contributed by atoms with E-state index in [1.807, 2.05) is 53.4 Å². The smallest absolute Gasteiger partial charge is 0.416 e. The maximum Gasteiger partial charge on any atom is 0.416 e. The molecule has 0 bridgehead atoms. The van der Waals surface area contributed by atoms with Gasteiger partial charge in [-0.05, 0) is 146 Å². The summed E-state index contributed by atoms with van der Waals surface area (Å²) in [5.74, 6) is -1.83. The number of hydrogen-bond donors (Lipinski definition) is 6. The highest BCUT2D eigenvalue weighted by molar-refractivity contribution is 9.10. The lowest BCUT2D eigenvalue weighted by Gasteiger charge is -2.40. The molecule has 0 saturated heterocycles. The topological polar surface area (TPSA) is 197 Å². The van der Waals surface area contributed by atoms with Crippen LogP contribution in [0.25, 0.3) is 0 Å². The molecule has 3 aliphatic rings. The lowest BCUT2D eigenvalue weighted by molar-refractivity contribution is -0.138. The Kier molecular flexibility index (Phi) is 22.1. The molecule has 3 fully saturated rings. The van der Waals surface area contributed by atoms with Crippen LogP contribution in [0.2, 0.25) is 0 Å². The number of amides is 6. The molecule has 0 atom stereocenters. The number of carboxylic acid groups (broad SMARTS) is 2. The largest absolute Gasteiger partial charge is 0.481 e. The Morgan fingerprint density at radius 2 is 1.09 bits per heavy atom. The van der Waals surface area contributed by atoms with E-state index in [1.165, 1.54) is 68.4 Å². The van der Waals surface area contributed by atoms with E-state index in [2.05, 4.69) is 37.2 Å². The van der Waals surface area contributed by atoms with Crippen molar-refractivity contribution < 1.29 is 56.5 Å². The number of carboxylic acids is 2. The van der Waals surface area contributed by atoms with Crippen molar-refractivity contribution >= 4 is 68.8 Å². The van der Waals surface area contributed by atoms with Gasteiger partial charge in [-0.1, -0.05) is 110 Å². The average molecular weight is 1170 g/mol. The summed E-state index contributed by atoms with van der Waals surface area (Å²) in [5, 5.41) is 28.1. The zero-order valence-electron chi connectivity index (χ0n) is 44.5. The van der Waals surface area contributed by atoms with Crippen LogP contribution in [0.4, 0.5) is 44.2 Å². The van der Waals surface area contributed by atoms with Gasteiger partial charge < -0.3 is 36.4 Å². The molecule has 0 radical (unpaired) electrons. The predicted octanol–water partition coefficient (Wildman–Crippen LogP) is 14.2. The molecular weight excluding hydrogens is 1100 g/mol. The minimum atomic E-state index is -4.79. The maximum absolute atomic E-state index is 14.0. The van der Waals surface area contributed by atoms with Gasteiger partial charge in [0, 0.05) is 58.3 Å². The fourth-order valence-corrected chi connectivity index (χ4v) is 11.3. The molecule has 0 heterocycles. The van der Waals surface area contributed by atoms with E-state index in [-0.39, 0.29) is 61.7 Å². The lowest BCUT2D eigenvalue weighted by atomic mass is 9.72. The van der Waals surface area contributed by atoms with Crippen molar-refractivity contribution in [2.75, 3.05) is 28.6 Å². The molecule has 5 aromatic carbocycles. The van der Waals surface area contributed by atoms with Crippen molar-refractivity contribution in [3.63, 3.8) is 0 Å². The number of alkyl halides is 3. The number of rotatable bonds is 18.